The zero-order valence-electron chi connectivity index (χ0n) is 6.35. The number of hydrogen-bond acceptors (Lipinski definition) is 2. The molecule has 1 N–H and O–H groups in total. The summed E-state index contributed by atoms with van der Waals surface area (Å²) in [7, 11) is 0. The molecule has 2 aromatic rings. The van der Waals surface area contributed by atoms with Crippen LogP contribution in [0.25, 0.3) is 10.2 Å². The van der Waals surface area contributed by atoms with Crippen LogP contribution in [-0.2, 0) is 0 Å². The van der Waals surface area contributed by atoms with Crippen molar-refractivity contribution in [3.8, 4) is 0 Å². The lowest BCUT2D eigenvalue weighted by atomic mass is 10.2. The van der Waals surface area contributed by atoms with Crippen LogP contribution in [0.2, 0.25) is 0 Å². The van der Waals surface area contributed by atoms with Crippen LogP contribution >= 0.6 is 23.6 Å². The summed E-state index contributed by atoms with van der Waals surface area (Å²) in [5.41, 5.74) is 1.85. The molecule has 1 heterocycles. The molecule has 4 heteroatoms. The average Bonchev–Trinajstić information content (AvgIpc) is 2.41. The van der Waals surface area contributed by atoms with Gasteiger partial charge in [0, 0.05) is 0 Å². The third-order valence-corrected chi connectivity index (χ3v) is 2.98. The van der Waals surface area contributed by atoms with Gasteiger partial charge in [0.05, 0.1) is 10.2 Å². The van der Waals surface area contributed by atoms with Crippen molar-refractivity contribution in [1.29, 1.82) is 0 Å². The van der Waals surface area contributed by atoms with Crippen molar-refractivity contribution in [1.82, 2.24) is 4.98 Å². The van der Waals surface area contributed by atoms with Gasteiger partial charge >= 0.3 is 0 Å². The van der Waals surface area contributed by atoms with Gasteiger partial charge in [-0.2, -0.15) is 0 Å². The summed E-state index contributed by atoms with van der Waals surface area (Å²) in [6.07, 6.45) is 0. The third-order valence-electron chi connectivity index (χ3n) is 1.74. The van der Waals surface area contributed by atoms with Crippen molar-refractivity contribution < 1.29 is 4.39 Å². The fourth-order valence-electron chi connectivity index (χ4n) is 1.13. The number of halogens is 1. The van der Waals surface area contributed by atoms with Gasteiger partial charge in [0.1, 0.15) is 5.82 Å². The molecule has 0 spiro atoms. The minimum absolute atomic E-state index is 0.201. The lowest BCUT2D eigenvalue weighted by molar-refractivity contribution is 0.641. The maximum absolute atomic E-state index is 13.1. The molecule has 1 aromatic carbocycles. The predicted molar refractivity (Wildman–Crippen MR) is 51.7 cm³/mol. The Bertz CT molecular complexity index is 441. The Labute approximate surface area is 77.9 Å². The molecule has 0 aliphatic carbocycles. The van der Waals surface area contributed by atoms with Crippen LogP contribution in [0.1, 0.15) is 5.56 Å². The summed E-state index contributed by atoms with van der Waals surface area (Å²) in [4.78, 5) is 2.96. The third kappa shape index (κ3) is 1.07. The number of thiazole rings is 1. The summed E-state index contributed by atoms with van der Waals surface area (Å²) in [5, 5.41) is 0. The zero-order valence-corrected chi connectivity index (χ0v) is 7.98. The van der Waals surface area contributed by atoms with Crippen LogP contribution in [0.3, 0.4) is 0 Å². The van der Waals surface area contributed by atoms with Crippen molar-refractivity contribution in [3.63, 3.8) is 0 Å². The van der Waals surface area contributed by atoms with Gasteiger partial charge in [0.25, 0.3) is 0 Å². The summed E-state index contributed by atoms with van der Waals surface area (Å²) in [6.45, 7) is 1.93. The van der Waals surface area contributed by atoms with E-state index < -0.39 is 0 Å². The number of aromatic amines is 1. The fraction of sp³-hybridized carbons (Fsp3) is 0.125. The quantitative estimate of drug-likeness (QED) is 0.643. The van der Waals surface area contributed by atoms with E-state index in [-0.39, 0.29) is 5.82 Å². The first-order chi connectivity index (χ1) is 5.68. The molecule has 0 amide bonds. The van der Waals surface area contributed by atoms with Crippen LogP contribution in [0, 0.1) is 16.7 Å². The standard InChI is InChI=1S/C8H6FNS2/c1-4-2-3-5(9)7-6(4)10-8(11)12-7/h2-3H,1H3,(H,10,11). The molecule has 12 heavy (non-hydrogen) atoms. The monoisotopic (exact) mass is 199 g/mol. The highest BCUT2D eigenvalue weighted by Gasteiger charge is 2.04. The number of hydrogen-bond donors (Lipinski definition) is 1. The van der Waals surface area contributed by atoms with Crippen LogP contribution in [-0.4, -0.2) is 4.98 Å². The first-order valence-corrected chi connectivity index (χ1v) is 4.69. The van der Waals surface area contributed by atoms with Crippen LogP contribution < -0.4 is 0 Å². The van der Waals surface area contributed by atoms with Gasteiger partial charge in [0.2, 0.25) is 0 Å². The lowest BCUT2D eigenvalue weighted by Gasteiger charge is -1.94. The molecule has 0 atom stereocenters. The lowest BCUT2D eigenvalue weighted by Crippen LogP contribution is -1.78. The highest BCUT2D eigenvalue weighted by molar-refractivity contribution is 7.73. The van der Waals surface area contributed by atoms with Gasteiger partial charge in [-0.1, -0.05) is 6.07 Å². The van der Waals surface area contributed by atoms with E-state index in [1.807, 2.05) is 6.92 Å². The maximum atomic E-state index is 13.1. The molecule has 1 aromatic heterocycles. The van der Waals surface area contributed by atoms with Crippen molar-refractivity contribution in [2.45, 2.75) is 6.92 Å². The van der Waals surface area contributed by atoms with Gasteiger partial charge in [-0.15, -0.1) is 11.3 Å². The van der Waals surface area contributed by atoms with E-state index in [2.05, 4.69) is 4.98 Å². The highest BCUT2D eigenvalue weighted by Crippen LogP contribution is 2.24. The van der Waals surface area contributed by atoms with E-state index in [1.165, 1.54) is 17.4 Å². The van der Waals surface area contributed by atoms with Crippen molar-refractivity contribution >= 4 is 33.8 Å². The molecule has 0 aliphatic rings. The smallest absolute Gasteiger partial charge is 0.159 e. The first kappa shape index (κ1) is 7.89. The molecule has 0 saturated heterocycles. The van der Waals surface area contributed by atoms with Gasteiger partial charge < -0.3 is 4.98 Å². The normalized spacial score (nSPS) is 10.8. The minimum atomic E-state index is -0.201. The number of fused-ring (bicyclic) bond motifs is 1. The van der Waals surface area contributed by atoms with Gasteiger partial charge in [-0.05, 0) is 30.8 Å². The predicted octanol–water partition coefficient (Wildman–Crippen LogP) is 3.41. The van der Waals surface area contributed by atoms with Gasteiger partial charge in [-0.3, -0.25) is 0 Å². The molecule has 0 radical (unpaired) electrons. The van der Waals surface area contributed by atoms with Crippen LogP contribution in [0.4, 0.5) is 4.39 Å². The molecular weight excluding hydrogens is 193 g/mol. The van der Waals surface area contributed by atoms with E-state index in [9.17, 15) is 4.39 Å². The highest BCUT2D eigenvalue weighted by atomic mass is 32.1. The van der Waals surface area contributed by atoms with Gasteiger partial charge in [0.15, 0.2) is 3.95 Å². The Balaban J connectivity index is 3.03. The summed E-state index contributed by atoms with van der Waals surface area (Å²) in [5.74, 6) is -0.201. The molecule has 1 nitrogen and oxygen atoms in total. The maximum Gasteiger partial charge on any atom is 0.159 e. The molecule has 0 aliphatic heterocycles. The first-order valence-electron chi connectivity index (χ1n) is 3.46. The Morgan fingerprint density at radius 1 is 1.50 bits per heavy atom. The number of benzene rings is 1. The second-order valence-corrected chi connectivity index (χ2v) is 4.27. The van der Waals surface area contributed by atoms with Crippen LogP contribution in [0.15, 0.2) is 12.1 Å². The fourth-order valence-corrected chi connectivity index (χ4v) is 2.30. The van der Waals surface area contributed by atoms with Crippen molar-refractivity contribution in [2.24, 2.45) is 0 Å². The van der Waals surface area contributed by atoms with E-state index in [0.717, 1.165) is 11.1 Å². The molecule has 0 fully saturated rings. The van der Waals surface area contributed by atoms with Crippen LogP contribution in [0.5, 0.6) is 0 Å². The summed E-state index contributed by atoms with van der Waals surface area (Å²) < 4.78 is 14.4. The number of aryl methyl sites for hydroxylation is 1. The van der Waals surface area contributed by atoms with Crippen molar-refractivity contribution in [2.75, 3.05) is 0 Å². The minimum Gasteiger partial charge on any atom is -0.337 e. The summed E-state index contributed by atoms with van der Waals surface area (Å²) >= 11 is 6.21. The Kier molecular flexibility index (Phi) is 1.73. The zero-order chi connectivity index (χ0) is 8.72. The molecule has 62 valence electrons. The Hall–Kier alpha value is -0.740. The number of H-pyrrole nitrogens is 1. The second kappa shape index (κ2) is 2.64. The molecule has 0 saturated carbocycles. The largest absolute Gasteiger partial charge is 0.337 e. The van der Waals surface area contributed by atoms with Crippen molar-refractivity contribution in [3.05, 3.63) is 27.5 Å². The Morgan fingerprint density at radius 2 is 2.25 bits per heavy atom. The van der Waals surface area contributed by atoms with E-state index in [4.69, 9.17) is 12.2 Å². The second-order valence-electron chi connectivity index (χ2n) is 2.58. The van der Waals surface area contributed by atoms with E-state index in [1.54, 1.807) is 6.07 Å². The van der Waals surface area contributed by atoms with Gasteiger partial charge in [-0.25, -0.2) is 4.39 Å². The molecule has 0 unspecified atom stereocenters. The topological polar surface area (TPSA) is 15.8 Å². The number of aromatic nitrogens is 1. The molecule has 2 rings (SSSR count). The SMILES string of the molecule is Cc1ccc(F)c2sc(=S)[nH]c12. The molecule has 0 bridgehead atoms. The van der Waals surface area contributed by atoms with E-state index >= 15 is 0 Å². The Morgan fingerprint density at radius 3 is 2.92 bits per heavy atom. The van der Waals surface area contributed by atoms with E-state index in [0.29, 0.717) is 8.65 Å². The average molecular weight is 199 g/mol. The number of rotatable bonds is 0. The summed E-state index contributed by atoms with van der Waals surface area (Å²) in [6, 6.07) is 3.21. The number of nitrogens with one attached hydrogen (secondary N) is 1. The molecular formula is C8H6FNS2.